The van der Waals surface area contributed by atoms with Crippen molar-refractivity contribution < 1.29 is 4.39 Å². The molecule has 0 bridgehead atoms. The van der Waals surface area contributed by atoms with Gasteiger partial charge in [0.25, 0.3) is 0 Å². The van der Waals surface area contributed by atoms with Crippen LogP contribution in [0.15, 0.2) is 128 Å². The maximum absolute atomic E-state index is 14.9. The predicted molar refractivity (Wildman–Crippen MR) is 226 cm³/mol. The van der Waals surface area contributed by atoms with Crippen LogP contribution in [-0.2, 0) is 5.41 Å². The van der Waals surface area contributed by atoms with Gasteiger partial charge in [-0.2, -0.15) is 0 Å². The van der Waals surface area contributed by atoms with Crippen molar-refractivity contribution in [1.82, 2.24) is 0 Å². The van der Waals surface area contributed by atoms with Crippen LogP contribution < -0.4 is 10.2 Å². The molecule has 3 heteroatoms. The third-order valence-electron chi connectivity index (χ3n) is 10.8. The first-order chi connectivity index (χ1) is 24.7. The summed E-state index contributed by atoms with van der Waals surface area (Å²) in [6, 6.07) is 35.6. The minimum Gasteiger partial charge on any atom is -0.353 e. The molecule has 0 saturated heterocycles. The average molecular weight is 695 g/mol. The molecule has 5 aromatic carbocycles. The number of hydrogen-bond donors (Lipinski definition) is 1. The molecule has 5 rings (SSSR count). The van der Waals surface area contributed by atoms with Crippen LogP contribution in [0.2, 0.25) is 0 Å². The largest absolute Gasteiger partial charge is 0.353 e. The molecule has 0 aromatic heterocycles. The Balaban J connectivity index is 1.84. The van der Waals surface area contributed by atoms with Crippen molar-refractivity contribution in [3.63, 3.8) is 0 Å². The van der Waals surface area contributed by atoms with Crippen molar-refractivity contribution in [1.29, 1.82) is 0 Å². The van der Waals surface area contributed by atoms with Gasteiger partial charge in [0.2, 0.25) is 0 Å². The summed E-state index contributed by atoms with van der Waals surface area (Å²) in [4.78, 5) is 2.50. The summed E-state index contributed by atoms with van der Waals surface area (Å²) >= 11 is 0. The number of halogens is 1. The molecule has 272 valence electrons. The summed E-state index contributed by atoms with van der Waals surface area (Å²) in [6.07, 6.45) is 6.82. The van der Waals surface area contributed by atoms with E-state index in [-0.39, 0.29) is 22.7 Å². The molecule has 1 atom stereocenters. The van der Waals surface area contributed by atoms with Gasteiger partial charge in [0.1, 0.15) is 5.82 Å². The normalized spacial score (nSPS) is 12.6. The first-order valence-corrected chi connectivity index (χ1v) is 19.1. The van der Waals surface area contributed by atoms with Crippen LogP contribution >= 0.6 is 0 Å². The number of hydrogen-bond acceptors (Lipinski definition) is 2. The lowest BCUT2D eigenvalue weighted by molar-refractivity contribution is 0.319. The topological polar surface area (TPSA) is 15.3 Å². The van der Waals surface area contributed by atoms with Crippen molar-refractivity contribution in [3.05, 3.63) is 139 Å². The Kier molecular flexibility index (Phi) is 12.1. The first kappa shape index (κ1) is 38.6. The fourth-order valence-electron chi connectivity index (χ4n) is 7.07. The van der Waals surface area contributed by atoms with Crippen LogP contribution in [0.5, 0.6) is 0 Å². The van der Waals surface area contributed by atoms with Gasteiger partial charge in [-0.3, -0.25) is 0 Å². The first-order valence-electron chi connectivity index (χ1n) is 19.1. The molecular formula is C49H59FN2. The maximum atomic E-state index is 14.9. The Labute approximate surface area is 313 Å². The number of nitrogens with zero attached hydrogens (tertiary/aromatic N) is 1. The van der Waals surface area contributed by atoms with E-state index in [1.54, 1.807) is 12.1 Å². The molecule has 52 heavy (non-hydrogen) atoms. The third-order valence-corrected chi connectivity index (χ3v) is 10.8. The zero-order valence-electron chi connectivity index (χ0n) is 32.8. The second-order valence-corrected chi connectivity index (χ2v) is 16.5. The number of benzene rings is 5. The molecule has 0 aliphatic rings. The highest BCUT2D eigenvalue weighted by atomic mass is 19.1. The van der Waals surface area contributed by atoms with E-state index in [1.807, 2.05) is 18.2 Å². The molecule has 1 unspecified atom stereocenters. The second-order valence-electron chi connectivity index (χ2n) is 16.5. The van der Waals surface area contributed by atoms with Gasteiger partial charge in [0.05, 0.1) is 17.1 Å². The highest BCUT2D eigenvalue weighted by Crippen LogP contribution is 2.47. The summed E-state index contributed by atoms with van der Waals surface area (Å²) < 4.78 is 14.9. The highest BCUT2D eigenvalue weighted by molar-refractivity contribution is 6.04. The lowest BCUT2D eigenvalue weighted by atomic mass is 9.82. The van der Waals surface area contributed by atoms with Gasteiger partial charge in [-0.1, -0.05) is 141 Å². The number of nitrogens with one attached hydrogen (secondary N) is 1. The van der Waals surface area contributed by atoms with Crippen molar-refractivity contribution >= 4 is 27.8 Å². The van der Waals surface area contributed by atoms with Crippen molar-refractivity contribution in [2.45, 2.75) is 99.0 Å². The van der Waals surface area contributed by atoms with E-state index in [0.29, 0.717) is 5.92 Å². The molecular weight excluding hydrogens is 636 g/mol. The molecule has 0 saturated carbocycles. The van der Waals surface area contributed by atoms with Crippen molar-refractivity contribution in [2.75, 3.05) is 10.2 Å². The van der Waals surface area contributed by atoms with Crippen LogP contribution in [0.25, 0.3) is 33.0 Å². The maximum Gasteiger partial charge on any atom is 0.123 e. The lowest BCUT2D eigenvalue weighted by Crippen LogP contribution is -2.39. The van der Waals surface area contributed by atoms with Crippen LogP contribution in [-0.4, -0.2) is 6.04 Å². The van der Waals surface area contributed by atoms with E-state index < -0.39 is 0 Å². The molecule has 0 aliphatic carbocycles. The molecule has 0 spiro atoms. The summed E-state index contributed by atoms with van der Waals surface area (Å²) in [5, 5.41) is 5.93. The van der Waals surface area contributed by atoms with E-state index in [4.69, 9.17) is 6.58 Å². The standard InChI is InChI=1S/C49H59FN2/c1-11-13-24-45(34(3)4)52(35(5)29-30-49(9,10)12-2)47-41-27-26-40(50)31-38(41)25-28-44(47)51-46-42(36-20-16-14-17-21-36)32-39(48(6,7)8)33-43(46)37-22-18-15-19-23-37/h11,14-23,25-28,31-34,45,51H,1,5,12-13,24,29-30H2,2-4,6-10H3. The summed E-state index contributed by atoms with van der Waals surface area (Å²) in [5.74, 6) is 0.0852. The molecule has 1 N–H and O–H groups in total. The number of anilines is 3. The molecule has 0 amide bonds. The van der Waals surface area contributed by atoms with Gasteiger partial charge in [-0.15, -0.1) is 6.58 Å². The minimum atomic E-state index is -0.239. The highest BCUT2D eigenvalue weighted by Gasteiger charge is 2.30. The second kappa shape index (κ2) is 16.4. The SMILES string of the molecule is C=CCCC(C(C)C)N(C(=C)CCC(C)(C)CC)c1c(Nc2c(-c3ccccc3)cc(C(C)(C)C)cc2-c2ccccc2)ccc2cc(F)ccc12. The fourth-order valence-corrected chi connectivity index (χ4v) is 7.07. The minimum absolute atomic E-state index is 0.0692. The van der Waals surface area contributed by atoms with Crippen LogP contribution in [0, 0.1) is 17.2 Å². The van der Waals surface area contributed by atoms with Crippen molar-refractivity contribution in [2.24, 2.45) is 11.3 Å². The molecule has 5 aromatic rings. The lowest BCUT2D eigenvalue weighted by Gasteiger charge is -2.40. The summed E-state index contributed by atoms with van der Waals surface area (Å²) in [7, 11) is 0. The van der Waals surface area contributed by atoms with Crippen LogP contribution in [0.4, 0.5) is 21.5 Å². The number of fused-ring (bicyclic) bond motifs is 1. The van der Waals surface area contributed by atoms with E-state index in [2.05, 4.69) is 151 Å². The third kappa shape index (κ3) is 8.87. The van der Waals surface area contributed by atoms with E-state index in [0.717, 1.165) is 87.9 Å². The Morgan fingerprint density at radius 1 is 0.827 bits per heavy atom. The van der Waals surface area contributed by atoms with Gasteiger partial charge < -0.3 is 10.2 Å². The van der Waals surface area contributed by atoms with Crippen molar-refractivity contribution in [3.8, 4) is 22.3 Å². The Morgan fingerprint density at radius 3 is 1.94 bits per heavy atom. The quantitative estimate of drug-likeness (QED) is 0.110. The van der Waals surface area contributed by atoms with Crippen LogP contribution in [0.1, 0.15) is 93.1 Å². The smallest absolute Gasteiger partial charge is 0.123 e. The molecule has 0 heterocycles. The zero-order valence-corrected chi connectivity index (χ0v) is 32.8. The Bertz CT molecular complexity index is 1920. The molecule has 0 fully saturated rings. The van der Waals surface area contributed by atoms with Gasteiger partial charge in [-0.25, -0.2) is 4.39 Å². The fraction of sp³-hybridized carbons (Fsp3) is 0.347. The Morgan fingerprint density at radius 2 is 1.42 bits per heavy atom. The zero-order chi connectivity index (χ0) is 37.6. The average Bonchev–Trinajstić information content (AvgIpc) is 3.12. The predicted octanol–water partition coefficient (Wildman–Crippen LogP) is 14.9. The van der Waals surface area contributed by atoms with Gasteiger partial charge in [-0.05, 0) is 101 Å². The van der Waals surface area contributed by atoms with Gasteiger partial charge >= 0.3 is 0 Å². The molecule has 2 nitrogen and oxygen atoms in total. The van der Waals surface area contributed by atoms with E-state index in [9.17, 15) is 4.39 Å². The Hall–Kier alpha value is -4.63. The summed E-state index contributed by atoms with van der Waals surface area (Å²) in [5.41, 5.74) is 10.1. The van der Waals surface area contributed by atoms with E-state index in [1.165, 1.54) is 5.56 Å². The monoisotopic (exact) mass is 694 g/mol. The van der Waals surface area contributed by atoms with Gasteiger partial charge in [0, 0.05) is 28.3 Å². The van der Waals surface area contributed by atoms with Gasteiger partial charge in [0.15, 0.2) is 0 Å². The van der Waals surface area contributed by atoms with E-state index >= 15 is 0 Å². The number of rotatable bonds is 15. The molecule has 0 radical (unpaired) electrons. The number of allylic oxidation sites excluding steroid dienone is 2. The molecule has 0 aliphatic heterocycles. The summed E-state index contributed by atoms with van der Waals surface area (Å²) in [6.45, 7) is 27.3. The van der Waals surface area contributed by atoms with Crippen LogP contribution in [0.3, 0.4) is 0 Å².